The van der Waals surface area contributed by atoms with Crippen LogP contribution in [0, 0.1) is 0 Å². The molecule has 3 aliphatic rings. The van der Waals surface area contributed by atoms with Crippen molar-refractivity contribution in [2.24, 2.45) is 5.73 Å². The zero-order chi connectivity index (χ0) is 17.0. The van der Waals surface area contributed by atoms with E-state index in [1.165, 1.54) is 41.6 Å². The third-order valence-corrected chi connectivity index (χ3v) is 6.48. The summed E-state index contributed by atoms with van der Waals surface area (Å²) in [6.45, 7) is 3.34. The van der Waals surface area contributed by atoms with Gasteiger partial charge in [-0.1, -0.05) is 24.3 Å². The average molecular weight is 334 g/mol. The number of aryl methyl sites for hydroxylation is 1. The lowest BCUT2D eigenvalue weighted by Gasteiger charge is -2.39. The van der Waals surface area contributed by atoms with Gasteiger partial charge in [-0.2, -0.15) is 0 Å². The number of nitrogens with two attached hydrogens (primary N) is 1. The van der Waals surface area contributed by atoms with Crippen LogP contribution in [-0.2, 0) is 18.4 Å². The largest absolute Gasteiger partial charge is 0.338 e. The fourth-order valence-electron chi connectivity index (χ4n) is 4.41. The molecule has 1 aromatic heterocycles. The van der Waals surface area contributed by atoms with Crippen LogP contribution >= 0.6 is 0 Å². The van der Waals surface area contributed by atoms with Gasteiger partial charge in [0, 0.05) is 34.9 Å². The third kappa shape index (κ3) is 2.38. The number of rotatable bonds is 3. The second-order valence-corrected chi connectivity index (χ2v) is 8.07. The molecule has 2 aromatic rings. The van der Waals surface area contributed by atoms with E-state index in [4.69, 9.17) is 15.7 Å². The monoisotopic (exact) mass is 334 g/mol. The minimum Gasteiger partial charge on any atom is -0.338 e. The van der Waals surface area contributed by atoms with Crippen molar-refractivity contribution in [1.82, 2.24) is 9.97 Å². The maximum atomic E-state index is 6.48. The highest BCUT2D eigenvalue weighted by Gasteiger charge is 2.34. The fourth-order valence-corrected chi connectivity index (χ4v) is 4.41. The summed E-state index contributed by atoms with van der Waals surface area (Å²) in [5.74, 6) is 0.924. The standard InChI is InChI=1S/C21H26N4/c1-14-10-13-25(14)20-23-18-5-2-4-17(18)19(24-20)15-6-8-16(9-7-15)21(22)11-3-12-21/h6-9,14H,2-5,10-13,22H2,1H3/t14-/m0/s1. The first kappa shape index (κ1) is 15.3. The molecular formula is C21H26N4. The Labute approximate surface area is 149 Å². The lowest BCUT2D eigenvalue weighted by atomic mass is 9.72. The van der Waals surface area contributed by atoms with Crippen LogP contribution in [-0.4, -0.2) is 22.6 Å². The maximum absolute atomic E-state index is 6.48. The van der Waals surface area contributed by atoms with Gasteiger partial charge in [0.1, 0.15) is 0 Å². The molecule has 1 saturated heterocycles. The van der Waals surface area contributed by atoms with Crippen molar-refractivity contribution in [3.05, 3.63) is 41.1 Å². The van der Waals surface area contributed by atoms with Crippen LogP contribution in [0.2, 0.25) is 0 Å². The second-order valence-electron chi connectivity index (χ2n) is 8.07. The van der Waals surface area contributed by atoms with Crippen LogP contribution in [0.15, 0.2) is 24.3 Å². The van der Waals surface area contributed by atoms with E-state index < -0.39 is 0 Å². The summed E-state index contributed by atoms with van der Waals surface area (Å²) < 4.78 is 0. The Morgan fingerprint density at radius 3 is 2.48 bits per heavy atom. The first-order chi connectivity index (χ1) is 12.1. The highest BCUT2D eigenvalue weighted by molar-refractivity contribution is 5.67. The molecule has 25 heavy (non-hydrogen) atoms. The van der Waals surface area contributed by atoms with Gasteiger partial charge in [-0.05, 0) is 57.4 Å². The topological polar surface area (TPSA) is 55.0 Å². The number of anilines is 1. The number of nitrogens with zero attached hydrogens (tertiary/aromatic N) is 3. The van der Waals surface area contributed by atoms with Crippen LogP contribution < -0.4 is 10.6 Å². The minimum absolute atomic E-state index is 0.0929. The van der Waals surface area contributed by atoms with Gasteiger partial charge in [0.2, 0.25) is 5.95 Å². The summed E-state index contributed by atoms with van der Waals surface area (Å²) in [6.07, 6.45) is 8.07. The lowest BCUT2D eigenvalue weighted by Crippen LogP contribution is -2.46. The number of hydrogen-bond donors (Lipinski definition) is 1. The summed E-state index contributed by atoms with van der Waals surface area (Å²) in [4.78, 5) is 12.2. The zero-order valence-corrected chi connectivity index (χ0v) is 15.0. The van der Waals surface area contributed by atoms with Gasteiger partial charge in [0.15, 0.2) is 0 Å². The van der Waals surface area contributed by atoms with Gasteiger partial charge < -0.3 is 10.6 Å². The number of fused-ring (bicyclic) bond motifs is 1. The second kappa shape index (κ2) is 5.53. The van der Waals surface area contributed by atoms with Crippen LogP contribution in [0.4, 0.5) is 5.95 Å². The number of benzene rings is 1. The van der Waals surface area contributed by atoms with E-state index in [1.54, 1.807) is 0 Å². The maximum Gasteiger partial charge on any atom is 0.226 e. The first-order valence-corrected chi connectivity index (χ1v) is 9.70. The van der Waals surface area contributed by atoms with Gasteiger partial charge in [-0.3, -0.25) is 0 Å². The molecule has 1 saturated carbocycles. The number of aromatic nitrogens is 2. The van der Waals surface area contributed by atoms with Crippen molar-refractivity contribution >= 4 is 5.95 Å². The minimum atomic E-state index is -0.0929. The molecule has 1 aliphatic heterocycles. The van der Waals surface area contributed by atoms with Crippen molar-refractivity contribution in [2.45, 2.75) is 63.5 Å². The van der Waals surface area contributed by atoms with Gasteiger partial charge in [-0.25, -0.2) is 9.97 Å². The van der Waals surface area contributed by atoms with Gasteiger partial charge in [0.05, 0.1) is 5.69 Å². The Morgan fingerprint density at radius 1 is 1.08 bits per heavy atom. The third-order valence-electron chi connectivity index (χ3n) is 6.48. The van der Waals surface area contributed by atoms with E-state index >= 15 is 0 Å². The number of hydrogen-bond acceptors (Lipinski definition) is 4. The predicted octanol–water partition coefficient (Wildman–Crippen LogP) is 3.57. The van der Waals surface area contributed by atoms with Gasteiger partial charge in [0.25, 0.3) is 0 Å². The van der Waals surface area contributed by atoms with E-state index in [2.05, 4.69) is 36.1 Å². The quantitative estimate of drug-likeness (QED) is 0.932. The molecule has 2 aliphatic carbocycles. The molecule has 0 unspecified atom stereocenters. The molecular weight excluding hydrogens is 308 g/mol. The average Bonchev–Trinajstić information content (AvgIpc) is 3.06. The molecule has 4 nitrogen and oxygen atoms in total. The Balaban J connectivity index is 1.54. The summed E-state index contributed by atoms with van der Waals surface area (Å²) in [6, 6.07) is 9.41. The molecule has 1 atom stereocenters. The van der Waals surface area contributed by atoms with Crippen molar-refractivity contribution in [1.29, 1.82) is 0 Å². The lowest BCUT2D eigenvalue weighted by molar-refractivity contribution is 0.253. The Kier molecular flexibility index (Phi) is 3.39. The molecule has 4 heteroatoms. The Morgan fingerprint density at radius 2 is 1.88 bits per heavy atom. The summed E-state index contributed by atoms with van der Waals surface area (Å²) in [5, 5.41) is 0. The van der Waals surface area contributed by atoms with E-state index in [-0.39, 0.29) is 5.54 Å². The van der Waals surface area contributed by atoms with Crippen LogP contribution in [0.3, 0.4) is 0 Å². The normalized spacial score (nSPS) is 23.8. The smallest absolute Gasteiger partial charge is 0.226 e. The highest BCUT2D eigenvalue weighted by Crippen LogP contribution is 2.40. The summed E-state index contributed by atoms with van der Waals surface area (Å²) in [7, 11) is 0. The van der Waals surface area contributed by atoms with Crippen LogP contribution in [0.5, 0.6) is 0 Å². The van der Waals surface area contributed by atoms with Crippen LogP contribution in [0.25, 0.3) is 11.3 Å². The molecule has 130 valence electrons. The molecule has 0 radical (unpaired) electrons. The molecule has 0 bridgehead atoms. The molecule has 2 heterocycles. The van der Waals surface area contributed by atoms with E-state index in [0.29, 0.717) is 6.04 Å². The Bertz CT molecular complexity index is 807. The van der Waals surface area contributed by atoms with E-state index in [1.807, 2.05) is 0 Å². The molecule has 2 N–H and O–H groups in total. The molecule has 1 aromatic carbocycles. The summed E-state index contributed by atoms with van der Waals surface area (Å²) >= 11 is 0. The highest BCUT2D eigenvalue weighted by atomic mass is 15.3. The molecule has 0 spiro atoms. The van der Waals surface area contributed by atoms with Crippen molar-refractivity contribution in [2.75, 3.05) is 11.4 Å². The van der Waals surface area contributed by atoms with Crippen molar-refractivity contribution in [3.8, 4) is 11.3 Å². The van der Waals surface area contributed by atoms with Crippen molar-refractivity contribution < 1.29 is 0 Å². The Hall–Kier alpha value is -1.94. The molecule has 0 amide bonds. The fraction of sp³-hybridized carbons (Fsp3) is 0.524. The molecule has 2 fully saturated rings. The zero-order valence-electron chi connectivity index (χ0n) is 15.0. The van der Waals surface area contributed by atoms with Gasteiger partial charge in [-0.15, -0.1) is 0 Å². The van der Waals surface area contributed by atoms with Crippen LogP contribution in [0.1, 0.15) is 55.8 Å². The van der Waals surface area contributed by atoms with E-state index in [0.717, 1.165) is 43.9 Å². The first-order valence-electron chi connectivity index (χ1n) is 9.70. The predicted molar refractivity (Wildman–Crippen MR) is 101 cm³/mol. The SMILES string of the molecule is C[C@H]1CCN1c1nc2c(c(-c3ccc(C4(N)CCC4)cc3)n1)CCC2. The van der Waals surface area contributed by atoms with Crippen molar-refractivity contribution in [3.63, 3.8) is 0 Å². The molecule has 5 rings (SSSR count). The summed E-state index contributed by atoms with van der Waals surface area (Å²) in [5.41, 5.74) is 12.6. The van der Waals surface area contributed by atoms with E-state index in [9.17, 15) is 0 Å². The van der Waals surface area contributed by atoms with Gasteiger partial charge >= 0.3 is 0 Å².